The largest absolute Gasteiger partial charge is 0.199 e. The molecule has 0 bridgehead atoms. The molecule has 0 aromatic rings. The summed E-state index contributed by atoms with van der Waals surface area (Å²) in [5, 5.41) is 0. The van der Waals surface area contributed by atoms with Crippen molar-refractivity contribution in [2.75, 3.05) is 12.5 Å². The molecule has 1 heteroatoms. The Morgan fingerprint density at radius 3 is 1.40 bits per heavy atom. The van der Waals surface area contributed by atoms with E-state index in [1.807, 2.05) is 0 Å². The molecule has 0 saturated heterocycles. The van der Waals surface area contributed by atoms with Crippen LogP contribution in [0.15, 0.2) is 0 Å². The molecule has 0 amide bonds. The normalized spacial score (nSPS) is 7.00. The summed E-state index contributed by atoms with van der Waals surface area (Å²) >= 11 is 0. The fraction of sp³-hybridized carbons (Fsp3) is 0.750. The van der Waals surface area contributed by atoms with E-state index in [4.69, 9.17) is 0 Å². The number of hydrogen-bond donors (Lipinski definition) is 0. The first-order valence-electron chi connectivity index (χ1n) is 1.11. The summed E-state index contributed by atoms with van der Waals surface area (Å²) in [4.78, 5) is 0. The lowest BCUT2D eigenvalue weighted by Gasteiger charge is -1.70. The highest BCUT2D eigenvalue weighted by molar-refractivity contribution is 8.12. The molecule has 5 heavy (non-hydrogen) atoms. The van der Waals surface area contributed by atoms with Crippen LogP contribution in [-0.2, 0) is 0 Å². The van der Waals surface area contributed by atoms with Gasteiger partial charge in [-0.15, -0.1) is 0 Å². The molecule has 0 spiro atoms. The van der Waals surface area contributed by atoms with Crippen LogP contribution >= 0.6 is 10.5 Å². The molecular weight excluding hydrogens is 80.1 g/mol. The monoisotopic (exact) mass is 92.1 g/mol. The molecule has 0 heterocycles. The number of hydrogen-bond acceptors (Lipinski definition) is 0. The van der Waals surface area contributed by atoms with Gasteiger partial charge in [-0.1, -0.05) is 13.3 Å². The van der Waals surface area contributed by atoms with E-state index in [9.17, 15) is 0 Å². The van der Waals surface area contributed by atoms with Gasteiger partial charge in [0.1, 0.15) is 0 Å². The molecule has 0 atom stereocenters. The highest BCUT2D eigenvalue weighted by Crippen LogP contribution is 1.86. The fourth-order valence-electron chi connectivity index (χ4n) is 0. The Morgan fingerprint density at radius 1 is 1.40 bits per heavy atom. The topological polar surface area (TPSA) is 0 Å². The SMILES string of the molecule is C.C=S(C)C. The van der Waals surface area contributed by atoms with Gasteiger partial charge in [-0.05, 0) is 12.5 Å². The zero-order chi connectivity index (χ0) is 3.58. The molecule has 0 aliphatic heterocycles. The van der Waals surface area contributed by atoms with Gasteiger partial charge >= 0.3 is 0 Å². The van der Waals surface area contributed by atoms with Crippen LogP contribution in [0.1, 0.15) is 7.43 Å². The molecule has 0 aliphatic rings. The molecule has 0 aromatic carbocycles. The van der Waals surface area contributed by atoms with Gasteiger partial charge in [-0.25, -0.2) is 0 Å². The minimum absolute atomic E-state index is 0. The second-order valence-corrected chi connectivity index (χ2v) is 2.96. The van der Waals surface area contributed by atoms with Gasteiger partial charge < -0.3 is 0 Å². The van der Waals surface area contributed by atoms with Crippen molar-refractivity contribution < 1.29 is 0 Å². The molecule has 0 nitrogen and oxygen atoms in total. The van der Waals surface area contributed by atoms with E-state index in [-0.39, 0.29) is 7.43 Å². The molecule has 0 N–H and O–H groups in total. The number of rotatable bonds is 0. The van der Waals surface area contributed by atoms with Crippen LogP contribution in [0, 0.1) is 0 Å². The Kier molecular flexibility index (Phi) is 7.57. The van der Waals surface area contributed by atoms with Crippen LogP contribution in [0.5, 0.6) is 0 Å². The maximum atomic E-state index is 3.67. The van der Waals surface area contributed by atoms with Gasteiger partial charge in [-0.2, -0.15) is 10.5 Å². The van der Waals surface area contributed by atoms with Crippen molar-refractivity contribution in [1.82, 2.24) is 0 Å². The molecule has 0 aromatic heterocycles. The lowest BCUT2D eigenvalue weighted by molar-refractivity contribution is 2.36. The van der Waals surface area contributed by atoms with Gasteiger partial charge in [0.05, 0.1) is 0 Å². The van der Waals surface area contributed by atoms with Crippen molar-refractivity contribution in [2.24, 2.45) is 0 Å². The maximum Gasteiger partial charge on any atom is -0.0242 e. The zero-order valence-corrected chi connectivity index (χ0v) is 3.93. The van der Waals surface area contributed by atoms with Crippen molar-refractivity contribution in [3.05, 3.63) is 0 Å². The van der Waals surface area contributed by atoms with Gasteiger partial charge in [0, 0.05) is 0 Å². The summed E-state index contributed by atoms with van der Waals surface area (Å²) in [6.07, 6.45) is 4.17. The van der Waals surface area contributed by atoms with E-state index in [0.717, 1.165) is 0 Å². The Morgan fingerprint density at radius 2 is 1.40 bits per heavy atom. The Balaban J connectivity index is 0. The van der Waals surface area contributed by atoms with Crippen molar-refractivity contribution in [2.45, 2.75) is 7.43 Å². The quantitative estimate of drug-likeness (QED) is 0.398. The molecule has 0 radical (unpaired) electrons. The molecule has 0 aliphatic carbocycles. The summed E-state index contributed by atoms with van der Waals surface area (Å²) < 4.78 is 0. The fourth-order valence-corrected chi connectivity index (χ4v) is 0. The lowest BCUT2D eigenvalue weighted by atomic mass is 11.9. The van der Waals surface area contributed by atoms with E-state index in [2.05, 4.69) is 18.4 Å². The van der Waals surface area contributed by atoms with Gasteiger partial charge in [0.25, 0.3) is 0 Å². The Labute approximate surface area is 37.1 Å². The van der Waals surface area contributed by atoms with Crippen LogP contribution < -0.4 is 0 Å². The molecule has 0 unspecified atom stereocenters. The van der Waals surface area contributed by atoms with E-state index in [1.165, 1.54) is 0 Å². The summed E-state index contributed by atoms with van der Waals surface area (Å²) in [6.45, 7) is 0. The minimum Gasteiger partial charge on any atom is -0.199 e. The highest BCUT2D eigenvalue weighted by Gasteiger charge is 1.47. The summed E-state index contributed by atoms with van der Waals surface area (Å²) in [5.74, 6) is 3.67. The van der Waals surface area contributed by atoms with Crippen LogP contribution in [0.4, 0.5) is 0 Å². The summed E-state index contributed by atoms with van der Waals surface area (Å²) in [5.41, 5.74) is 0. The molecule has 0 rings (SSSR count). The first-order chi connectivity index (χ1) is 1.73. The first-order valence-corrected chi connectivity index (χ1v) is 3.32. The van der Waals surface area contributed by atoms with E-state index in [1.54, 1.807) is 0 Å². The standard InChI is InChI=1S/C3H8S.CH4/c1-4(2)3;/h1H2,2-3H3;1H4. The first kappa shape index (κ1) is 8.97. The smallest absolute Gasteiger partial charge is 0.0242 e. The average molecular weight is 92.2 g/mol. The van der Waals surface area contributed by atoms with Gasteiger partial charge in [0.15, 0.2) is 0 Å². The van der Waals surface area contributed by atoms with E-state index >= 15 is 0 Å². The molecule has 0 saturated carbocycles. The average Bonchev–Trinajstić information content (AvgIpc) is 0.811. The van der Waals surface area contributed by atoms with E-state index < -0.39 is 0 Å². The van der Waals surface area contributed by atoms with Crippen molar-refractivity contribution >= 4 is 16.4 Å². The molecular formula is C4H12S. The van der Waals surface area contributed by atoms with Gasteiger partial charge in [-0.3, -0.25) is 0 Å². The van der Waals surface area contributed by atoms with Crippen LogP contribution in [0.3, 0.4) is 0 Å². The summed E-state index contributed by atoms with van der Waals surface area (Å²) in [6, 6.07) is 0. The highest BCUT2D eigenvalue weighted by atomic mass is 32.2. The lowest BCUT2D eigenvalue weighted by Crippen LogP contribution is -1.42. The third-order valence-electron chi connectivity index (χ3n) is 0. The molecule has 34 valence electrons. The van der Waals surface area contributed by atoms with Crippen molar-refractivity contribution in [3.8, 4) is 0 Å². The van der Waals surface area contributed by atoms with Crippen molar-refractivity contribution in [3.63, 3.8) is 0 Å². The third-order valence-corrected chi connectivity index (χ3v) is 0. The zero-order valence-electron chi connectivity index (χ0n) is 3.12. The second-order valence-electron chi connectivity index (χ2n) is 0.986. The second kappa shape index (κ2) is 4.22. The van der Waals surface area contributed by atoms with Crippen molar-refractivity contribution in [1.29, 1.82) is 0 Å². The van der Waals surface area contributed by atoms with Crippen LogP contribution in [-0.4, -0.2) is 18.4 Å². The minimum atomic E-state index is 0. The van der Waals surface area contributed by atoms with Gasteiger partial charge in [0.2, 0.25) is 0 Å². The Bertz CT molecular complexity index is 26.6. The summed E-state index contributed by atoms with van der Waals surface area (Å²) in [7, 11) is 0.389. The maximum absolute atomic E-state index is 3.67. The predicted molar refractivity (Wildman–Crippen MR) is 33.3 cm³/mol. The Hall–Kier alpha value is 0.220. The molecule has 0 fully saturated rings. The van der Waals surface area contributed by atoms with Crippen LogP contribution in [0.2, 0.25) is 0 Å². The predicted octanol–water partition coefficient (Wildman–Crippen LogP) is 1.58. The third kappa shape index (κ3) is 430. The van der Waals surface area contributed by atoms with E-state index in [0.29, 0.717) is 10.5 Å². The van der Waals surface area contributed by atoms with Crippen LogP contribution in [0.25, 0.3) is 0 Å².